The largest absolute Gasteiger partial charge is 0.475 e. The molecule has 176 valence electrons. The molecule has 4 aromatic rings. The van der Waals surface area contributed by atoms with E-state index in [1.54, 1.807) is 12.3 Å². The molecule has 0 fully saturated rings. The van der Waals surface area contributed by atoms with Crippen LogP contribution in [0.25, 0.3) is 12.2 Å². The smallest absolute Gasteiger partial charge is 0.371 e. The number of hydrogen-bond acceptors (Lipinski definition) is 4. The van der Waals surface area contributed by atoms with Gasteiger partial charge < -0.3 is 9.52 Å². The lowest BCUT2D eigenvalue weighted by molar-refractivity contribution is 0.0660. The van der Waals surface area contributed by atoms with Gasteiger partial charge in [0, 0.05) is 17.7 Å². The van der Waals surface area contributed by atoms with Crippen molar-refractivity contribution in [1.82, 2.24) is 9.55 Å². The van der Waals surface area contributed by atoms with Crippen LogP contribution < -0.4 is 5.69 Å². The number of nitrogens with one attached hydrogen (secondary N) is 1. The number of H-pyrrole nitrogens is 1. The van der Waals surface area contributed by atoms with E-state index in [0.717, 1.165) is 33.4 Å². The minimum atomic E-state index is -1.16. The van der Waals surface area contributed by atoms with Crippen LogP contribution in [-0.4, -0.2) is 20.6 Å². The maximum atomic E-state index is 12.8. The molecule has 2 N–H and O–H groups in total. The Morgan fingerprint density at radius 2 is 1.71 bits per heavy atom. The van der Waals surface area contributed by atoms with Gasteiger partial charge in [-0.1, -0.05) is 60.3 Å². The van der Waals surface area contributed by atoms with Gasteiger partial charge >= 0.3 is 11.7 Å². The van der Waals surface area contributed by atoms with Crippen molar-refractivity contribution in [3.63, 3.8) is 0 Å². The van der Waals surface area contributed by atoms with Gasteiger partial charge in [-0.2, -0.15) is 0 Å². The summed E-state index contributed by atoms with van der Waals surface area (Å²) in [6, 6.07) is 13.7. The molecule has 7 heteroatoms. The summed E-state index contributed by atoms with van der Waals surface area (Å²) in [7, 11) is 0. The van der Waals surface area contributed by atoms with Crippen molar-refractivity contribution >= 4 is 30.3 Å². The molecule has 2 heterocycles. The third kappa shape index (κ3) is 4.19. The maximum Gasteiger partial charge on any atom is 0.371 e. The molecule has 0 saturated carbocycles. The van der Waals surface area contributed by atoms with Crippen LogP contribution in [0.15, 0.2) is 57.9 Å². The Kier molecular flexibility index (Phi) is 5.65. The van der Waals surface area contributed by atoms with Gasteiger partial charge in [-0.3, -0.25) is 9.55 Å². The Labute approximate surface area is 207 Å². The number of hydrogen-bond donors (Lipinski definition) is 2. The molecule has 1 atom stereocenters. The molecule has 2 aromatic heterocycles. The lowest BCUT2D eigenvalue weighted by Crippen LogP contribution is -2.25. The molecule has 0 amide bonds. The highest BCUT2D eigenvalue weighted by Gasteiger charge is 2.26. The lowest BCUT2D eigenvalue weighted by atomic mass is 9.82. The first-order chi connectivity index (χ1) is 16.7. The van der Waals surface area contributed by atoms with Crippen LogP contribution in [0.5, 0.6) is 0 Å². The number of aromatic amines is 1. The lowest BCUT2D eigenvalue weighted by Gasteiger charge is -2.23. The Hall–Kier alpha value is -3.97. The zero-order valence-electron chi connectivity index (χ0n) is 19.6. The van der Waals surface area contributed by atoms with Gasteiger partial charge in [-0.25, -0.2) is 9.59 Å². The molecular formula is C28H24N2O4S. The van der Waals surface area contributed by atoms with Crippen LogP contribution in [0.3, 0.4) is 0 Å². The van der Waals surface area contributed by atoms with Gasteiger partial charge in [0.1, 0.15) is 10.4 Å². The van der Waals surface area contributed by atoms with Gasteiger partial charge in [-0.15, -0.1) is 0 Å². The van der Waals surface area contributed by atoms with E-state index in [2.05, 4.69) is 68.2 Å². The van der Waals surface area contributed by atoms with Crippen molar-refractivity contribution in [3.8, 4) is 0 Å². The number of nitrogens with zero attached hydrogens (tertiary/aromatic N) is 1. The molecule has 1 aliphatic carbocycles. The Bertz CT molecular complexity index is 1640. The number of carbonyl (C=O) groups is 1. The number of aromatic nitrogens is 2. The first-order valence-electron chi connectivity index (χ1n) is 11.3. The van der Waals surface area contributed by atoms with Crippen LogP contribution in [0.2, 0.25) is 0 Å². The maximum absolute atomic E-state index is 12.8. The topological polar surface area (TPSA) is 88.2 Å². The molecule has 1 unspecified atom stereocenters. The van der Waals surface area contributed by atoms with E-state index in [-0.39, 0.29) is 23.9 Å². The number of benzene rings is 2. The standard InChI is InChI=1S/C28H24N2O4S/c1-15-4-8-21-18(10-15)5-6-19-11-16(2)17(3)12-22(19)25(21)23-14-30(28(33)29-26(23)35)13-20-7-9-24(34-20)27(31)32/h4-12,14,25H,13H2,1-3H3,(H,31,32)(H,29,33,35). The van der Waals surface area contributed by atoms with Crippen molar-refractivity contribution in [3.05, 3.63) is 120 Å². The molecule has 2 aromatic carbocycles. The van der Waals surface area contributed by atoms with E-state index in [1.807, 2.05) is 0 Å². The number of carboxylic acid groups (broad SMARTS) is 1. The zero-order chi connectivity index (χ0) is 24.9. The number of furan rings is 1. The van der Waals surface area contributed by atoms with Gasteiger partial charge in [0.05, 0.1) is 6.54 Å². The SMILES string of the molecule is Cc1ccc2c(c1)C=Cc1cc(C)c(C)cc1C2c1cn(Cc2ccc(C(=O)O)o2)c(=O)[nH]c1=S. The summed E-state index contributed by atoms with van der Waals surface area (Å²) in [6.07, 6.45) is 6.04. The average molecular weight is 485 g/mol. The molecule has 0 saturated heterocycles. The second-order valence-corrected chi connectivity index (χ2v) is 9.42. The van der Waals surface area contributed by atoms with Crippen LogP contribution >= 0.6 is 12.2 Å². The molecule has 35 heavy (non-hydrogen) atoms. The second kappa shape index (κ2) is 8.67. The van der Waals surface area contributed by atoms with E-state index >= 15 is 0 Å². The summed E-state index contributed by atoms with van der Waals surface area (Å²) in [5.41, 5.74) is 8.38. The second-order valence-electron chi connectivity index (χ2n) is 9.01. The third-order valence-corrected chi connectivity index (χ3v) is 6.89. The van der Waals surface area contributed by atoms with Crippen LogP contribution in [0.1, 0.15) is 66.7 Å². The minimum Gasteiger partial charge on any atom is -0.475 e. The number of rotatable bonds is 4. The summed E-state index contributed by atoms with van der Waals surface area (Å²) < 4.78 is 7.23. The summed E-state index contributed by atoms with van der Waals surface area (Å²) in [5, 5.41) is 9.16. The van der Waals surface area contributed by atoms with Crippen molar-refractivity contribution in [1.29, 1.82) is 0 Å². The Morgan fingerprint density at radius 3 is 2.43 bits per heavy atom. The highest BCUT2D eigenvalue weighted by atomic mass is 32.1. The Morgan fingerprint density at radius 1 is 1.00 bits per heavy atom. The summed E-state index contributed by atoms with van der Waals surface area (Å²) in [5.74, 6) is -1.16. The van der Waals surface area contributed by atoms with Crippen LogP contribution in [-0.2, 0) is 6.54 Å². The minimum absolute atomic E-state index is 0.0801. The first-order valence-corrected chi connectivity index (χ1v) is 11.7. The third-order valence-electron chi connectivity index (χ3n) is 6.55. The highest BCUT2D eigenvalue weighted by molar-refractivity contribution is 7.71. The van der Waals surface area contributed by atoms with Gasteiger partial charge in [-0.05, 0) is 66.3 Å². The normalized spacial score (nSPS) is 14.3. The zero-order valence-corrected chi connectivity index (χ0v) is 20.4. The highest BCUT2D eigenvalue weighted by Crippen LogP contribution is 2.40. The fourth-order valence-corrected chi connectivity index (χ4v) is 4.89. The number of fused-ring (bicyclic) bond motifs is 2. The fourth-order valence-electron chi connectivity index (χ4n) is 4.63. The van der Waals surface area contributed by atoms with Crippen LogP contribution in [0, 0.1) is 25.4 Å². The van der Waals surface area contributed by atoms with Gasteiger partial charge in [0.2, 0.25) is 5.76 Å². The number of aryl methyl sites for hydroxylation is 3. The van der Waals surface area contributed by atoms with E-state index in [0.29, 0.717) is 10.4 Å². The van der Waals surface area contributed by atoms with Gasteiger partial charge in [0.15, 0.2) is 0 Å². The van der Waals surface area contributed by atoms with Crippen molar-refractivity contribution in [2.24, 2.45) is 0 Å². The molecule has 1 aliphatic rings. The van der Waals surface area contributed by atoms with E-state index in [9.17, 15) is 9.59 Å². The molecular weight excluding hydrogens is 460 g/mol. The predicted molar refractivity (Wildman–Crippen MR) is 138 cm³/mol. The van der Waals surface area contributed by atoms with Crippen molar-refractivity contribution in [2.45, 2.75) is 33.2 Å². The van der Waals surface area contributed by atoms with Gasteiger partial charge in [0.25, 0.3) is 0 Å². The number of carboxylic acids is 1. The summed E-state index contributed by atoms with van der Waals surface area (Å²) in [6.45, 7) is 6.34. The average Bonchev–Trinajstić information content (AvgIpc) is 3.22. The van der Waals surface area contributed by atoms with E-state index in [4.69, 9.17) is 21.7 Å². The number of aromatic carboxylic acids is 1. The molecule has 0 radical (unpaired) electrons. The quantitative estimate of drug-likeness (QED) is 0.313. The first kappa shape index (κ1) is 22.8. The van der Waals surface area contributed by atoms with Crippen molar-refractivity contribution in [2.75, 3.05) is 0 Å². The van der Waals surface area contributed by atoms with E-state index in [1.165, 1.54) is 21.8 Å². The molecule has 6 nitrogen and oxygen atoms in total. The molecule has 0 spiro atoms. The molecule has 5 rings (SSSR count). The summed E-state index contributed by atoms with van der Waals surface area (Å²) in [4.78, 5) is 26.8. The van der Waals surface area contributed by atoms with Crippen LogP contribution in [0.4, 0.5) is 0 Å². The monoisotopic (exact) mass is 484 g/mol. The van der Waals surface area contributed by atoms with Crippen molar-refractivity contribution < 1.29 is 14.3 Å². The fraction of sp³-hybridized carbons (Fsp3) is 0.179. The predicted octanol–water partition coefficient (Wildman–Crippen LogP) is 5.83. The Balaban J connectivity index is 1.71. The summed E-state index contributed by atoms with van der Waals surface area (Å²) >= 11 is 5.68. The molecule has 0 bridgehead atoms. The molecule has 0 aliphatic heterocycles. The van der Waals surface area contributed by atoms with E-state index < -0.39 is 5.97 Å².